The second kappa shape index (κ2) is 15.5. The Kier molecular flexibility index (Phi) is 15.5. The molecule has 0 saturated heterocycles. The molecular formula is C23H47. The van der Waals surface area contributed by atoms with Crippen molar-refractivity contribution in [3.05, 3.63) is 6.92 Å². The summed E-state index contributed by atoms with van der Waals surface area (Å²) in [6, 6.07) is 0. The Balaban J connectivity index is 4.62. The van der Waals surface area contributed by atoms with E-state index in [1.165, 1.54) is 77.0 Å². The van der Waals surface area contributed by atoms with Crippen molar-refractivity contribution >= 4 is 0 Å². The first-order chi connectivity index (χ1) is 11.1. The fourth-order valence-corrected chi connectivity index (χ4v) is 4.09. The Hall–Kier alpha value is 0. The first-order valence-electron chi connectivity index (χ1n) is 10.9. The number of unbranched alkanes of at least 4 members (excludes halogenated alkanes) is 4. The van der Waals surface area contributed by atoms with Crippen LogP contribution in [-0.4, -0.2) is 0 Å². The van der Waals surface area contributed by atoms with Gasteiger partial charge in [-0.2, -0.15) is 0 Å². The largest absolute Gasteiger partial charge is 0.0654 e. The lowest BCUT2D eigenvalue weighted by Crippen LogP contribution is -2.18. The van der Waals surface area contributed by atoms with Crippen LogP contribution in [0.25, 0.3) is 0 Å². The molecule has 0 aliphatic carbocycles. The minimum absolute atomic E-state index is 0.906. The van der Waals surface area contributed by atoms with Gasteiger partial charge in [0.05, 0.1) is 0 Å². The van der Waals surface area contributed by atoms with Gasteiger partial charge >= 0.3 is 0 Å². The van der Waals surface area contributed by atoms with E-state index in [1.807, 2.05) is 0 Å². The van der Waals surface area contributed by atoms with Crippen LogP contribution in [0.2, 0.25) is 0 Å². The van der Waals surface area contributed by atoms with Gasteiger partial charge in [-0.1, -0.05) is 112 Å². The van der Waals surface area contributed by atoms with E-state index >= 15 is 0 Å². The molecule has 139 valence electrons. The zero-order valence-electron chi connectivity index (χ0n) is 17.2. The molecule has 0 heterocycles. The molecule has 4 atom stereocenters. The Bertz CT molecular complexity index is 232. The van der Waals surface area contributed by atoms with Crippen LogP contribution in [-0.2, 0) is 0 Å². The van der Waals surface area contributed by atoms with Gasteiger partial charge in [0.1, 0.15) is 0 Å². The molecule has 0 nitrogen and oxygen atoms in total. The molecule has 0 aromatic heterocycles. The van der Waals surface area contributed by atoms with Gasteiger partial charge in [0, 0.05) is 0 Å². The van der Waals surface area contributed by atoms with E-state index in [-0.39, 0.29) is 0 Å². The predicted octanol–water partition coefficient (Wildman–Crippen LogP) is 8.46. The van der Waals surface area contributed by atoms with Crippen LogP contribution in [0, 0.1) is 30.6 Å². The smallest absolute Gasteiger partial charge is 0.0386 e. The molecule has 0 heteroatoms. The Morgan fingerprint density at radius 2 is 1.43 bits per heavy atom. The lowest BCUT2D eigenvalue weighted by atomic mass is 9.76. The van der Waals surface area contributed by atoms with E-state index in [4.69, 9.17) is 0 Å². The minimum Gasteiger partial charge on any atom is -0.0654 e. The summed E-state index contributed by atoms with van der Waals surface area (Å²) in [5.74, 6) is 3.75. The molecular weight excluding hydrogens is 276 g/mol. The van der Waals surface area contributed by atoms with Crippen molar-refractivity contribution in [1.29, 1.82) is 0 Å². The fraction of sp³-hybridized carbons (Fsp3) is 0.957. The molecule has 0 fully saturated rings. The minimum atomic E-state index is 0.906. The Morgan fingerprint density at radius 1 is 0.739 bits per heavy atom. The normalized spacial score (nSPS) is 17.0. The molecule has 4 unspecified atom stereocenters. The summed E-state index contributed by atoms with van der Waals surface area (Å²) in [5.41, 5.74) is 0. The average Bonchev–Trinajstić information content (AvgIpc) is 2.54. The van der Waals surface area contributed by atoms with Crippen LogP contribution in [0.15, 0.2) is 0 Å². The van der Waals surface area contributed by atoms with Gasteiger partial charge in [0.25, 0.3) is 0 Å². The van der Waals surface area contributed by atoms with Crippen molar-refractivity contribution in [3.8, 4) is 0 Å². The van der Waals surface area contributed by atoms with E-state index in [0.717, 1.165) is 30.1 Å². The molecule has 23 heavy (non-hydrogen) atoms. The standard InChI is InChI=1S/C23H47/c1-7-11-13-16-22(18-20(5)10-4)19-23(17-14-12-8-2)21(6)15-9-3/h20-23H,2,7-19H2,1,3-6H3. The first kappa shape index (κ1) is 23.0. The maximum Gasteiger partial charge on any atom is -0.0386 e. The molecule has 1 radical (unpaired) electrons. The number of rotatable bonds is 16. The predicted molar refractivity (Wildman–Crippen MR) is 108 cm³/mol. The molecule has 0 amide bonds. The van der Waals surface area contributed by atoms with Crippen LogP contribution in [0.3, 0.4) is 0 Å². The van der Waals surface area contributed by atoms with Crippen molar-refractivity contribution in [3.63, 3.8) is 0 Å². The van der Waals surface area contributed by atoms with Crippen molar-refractivity contribution < 1.29 is 0 Å². The quantitative estimate of drug-likeness (QED) is 0.250. The van der Waals surface area contributed by atoms with Gasteiger partial charge < -0.3 is 0 Å². The van der Waals surface area contributed by atoms with E-state index < -0.39 is 0 Å². The van der Waals surface area contributed by atoms with Crippen molar-refractivity contribution in [1.82, 2.24) is 0 Å². The summed E-state index contributed by atoms with van der Waals surface area (Å²) >= 11 is 0. The van der Waals surface area contributed by atoms with Crippen LogP contribution in [0.1, 0.15) is 118 Å². The summed E-state index contributed by atoms with van der Waals surface area (Å²) < 4.78 is 0. The van der Waals surface area contributed by atoms with Crippen LogP contribution < -0.4 is 0 Å². The van der Waals surface area contributed by atoms with E-state index in [9.17, 15) is 0 Å². The number of hydrogen-bond acceptors (Lipinski definition) is 0. The summed E-state index contributed by atoms with van der Waals surface area (Å²) in [5, 5.41) is 0. The van der Waals surface area contributed by atoms with Crippen LogP contribution in [0.5, 0.6) is 0 Å². The van der Waals surface area contributed by atoms with Gasteiger partial charge in [-0.3, -0.25) is 0 Å². The fourth-order valence-electron chi connectivity index (χ4n) is 4.09. The highest BCUT2D eigenvalue weighted by Crippen LogP contribution is 2.34. The summed E-state index contributed by atoms with van der Waals surface area (Å²) in [6.45, 7) is 16.0. The lowest BCUT2D eigenvalue weighted by Gasteiger charge is -2.30. The third-order valence-corrected chi connectivity index (χ3v) is 5.91. The average molecular weight is 324 g/mol. The highest BCUT2D eigenvalue weighted by Gasteiger charge is 2.22. The van der Waals surface area contributed by atoms with Gasteiger partial charge in [0.2, 0.25) is 0 Å². The topological polar surface area (TPSA) is 0 Å². The molecule has 0 aromatic rings. The van der Waals surface area contributed by atoms with Crippen molar-refractivity contribution in [2.24, 2.45) is 23.7 Å². The van der Waals surface area contributed by atoms with Gasteiger partial charge in [-0.05, 0) is 36.5 Å². The highest BCUT2D eigenvalue weighted by molar-refractivity contribution is 4.73. The van der Waals surface area contributed by atoms with E-state index in [0.29, 0.717) is 0 Å². The summed E-state index contributed by atoms with van der Waals surface area (Å²) in [4.78, 5) is 0. The van der Waals surface area contributed by atoms with Crippen LogP contribution >= 0.6 is 0 Å². The third-order valence-electron chi connectivity index (χ3n) is 5.91. The summed E-state index contributed by atoms with van der Waals surface area (Å²) in [6.07, 6.45) is 18.0. The second-order valence-corrected chi connectivity index (χ2v) is 8.22. The molecule has 0 bridgehead atoms. The van der Waals surface area contributed by atoms with Gasteiger partial charge in [-0.15, -0.1) is 0 Å². The van der Waals surface area contributed by atoms with E-state index in [1.54, 1.807) is 0 Å². The maximum absolute atomic E-state index is 4.03. The zero-order valence-corrected chi connectivity index (χ0v) is 17.2. The zero-order chi connectivity index (χ0) is 17.5. The summed E-state index contributed by atoms with van der Waals surface area (Å²) in [7, 11) is 0. The van der Waals surface area contributed by atoms with Crippen LogP contribution in [0.4, 0.5) is 0 Å². The lowest BCUT2D eigenvalue weighted by molar-refractivity contribution is 0.216. The second-order valence-electron chi connectivity index (χ2n) is 8.22. The van der Waals surface area contributed by atoms with Gasteiger partial charge in [0.15, 0.2) is 0 Å². The third kappa shape index (κ3) is 12.1. The molecule has 0 saturated carbocycles. The molecule has 0 aliphatic rings. The van der Waals surface area contributed by atoms with Crippen molar-refractivity contribution in [2.45, 2.75) is 118 Å². The molecule has 0 aliphatic heterocycles. The first-order valence-corrected chi connectivity index (χ1v) is 10.9. The SMILES string of the molecule is [CH2]CCCCC(CC(CCCCC)CC(C)CC)C(C)CCC. The van der Waals surface area contributed by atoms with E-state index in [2.05, 4.69) is 41.5 Å². The maximum atomic E-state index is 4.03. The highest BCUT2D eigenvalue weighted by atomic mass is 14.3. The Morgan fingerprint density at radius 3 is 2.00 bits per heavy atom. The molecule has 0 aromatic carbocycles. The van der Waals surface area contributed by atoms with Crippen molar-refractivity contribution in [2.75, 3.05) is 0 Å². The molecule has 0 N–H and O–H groups in total. The Labute approximate surface area is 149 Å². The number of hydrogen-bond donors (Lipinski definition) is 0. The van der Waals surface area contributed by atoms with Gasteiger partial charge in [-0.25, -0.2) is 0 Å². The monoisotopic (exact) mass is 323 g/mol. The molecule has 0 spiro atoms. The molecule has 0 rings (SSSR count).